The number of rotatable bonds is 32. The molecule has 1 aliphatic heterocycles. The summed E-state index contributed by atoms with van der Waals surface area (Å²) < 4.78 is 22.0. The maximum Gasteiger partial charge on any atom is 0.306 e. The molecule has 0 saturated carbocycles. The number of aliphatic hydroxyl groups excluding tert-OH is 4. The molecule has 55 heavy (non-hydrogen) atoms. The molecule has 1 heterocycles. The summed E-state index contributed by atoms with van der Waals surface area (Å²) in [4.78, 5) is 25.2. The SMILES string of the molecule is CC/C=C/C/C=C/C/C=C/C/C=C/CCCCC(=O)OC[C@@H](CO[C@H]1O[C@@H](CO)[C@@H](O)C(O)C1O)OC(=O)CCCC/C=C/C/C=C/C/C=C/CCCCC. The lowest BCUT2D eigenvalue weighted by Crippen LogP contribution is -2.59. The standard InChI is InChI=1S/C45H72O10/c1-3-5-7-9-11-13-15-17-19-21-23-25-27-29-31-33-40(47)52-36-38(37-53-45-44(51)43(50)42(49)39(35-46)55-45)54-41(48)34-32-30-28-26-24-22-20-18-16-14-12-10-8-6-4-2/h5,7,11-14,17-20,23-26,38-39,42-46,49-51H,3-4,6,8-10,15-16,21-22,27-37H2,1-2H3/b7-5+,13-11+,14-12+,19-17+,20-18+,25-23+,26-24+/t38-,39-,42+,43?,44?,45-/m0/s1. The first kappa shape index (κ1) is 49.9. The van der Waals surface area contributed by atoms with Gasteiger partial charge in [-0.1, -0.05) is 112 Å². The van der Waals surface area contributed by atoms with Gasteiger partial charge in [0, 0.05) is 12.8 Å². The van der Waals surface area contributed by atoms with Crippen LogP contribution in [0.5, 0.6) is 0 Å². The van der Waals surface area contributed by atoms with Crippen LogP contribution < -0.4 is 0 Å². The largest absolute Gasteiger partial charge is 0.462 e. The van der Waals surface area contributed by atoms with E-state index < -0.39 is 55.4 Å². The maximum atomic E-state index is 12.7. The Labute approximate surface area is 331 Å². The fourth-order valence-corrected chi connectivity index (χ4v) is 5.48. The van der Waals surface area contributed by atoms with E-state index in [0.717, 1.165) is 70.6 Å². The van der Waals surface area contributed by atoms with Crippen LogP contribution in [0.3, 0.4) is 0 Å². The van der Waals surface area contributed by atoms with Crippen molar-refractivity contribution in [1.82, 2.24) is 0 Å². The molecule has 4 N–H and O–H groups in total. The number of hydrogen-bond acceptors (Lipinski definition) is 10. The molecule has 1 fully saturated rings. The van der Waals surface area contributed by atoms with E-state index in [2.05, 4.69) is 98.9 Å². The predicted octanol–water partition coefficient (Wildman–Crippen LogP) is 8.21. The highest BCUT2D eigenvalue weighted by Gasteiger charge is 2.44. The molecule has 0 amide bonds. The van der Waals surface area contributed by atoms with Crippen LogP contribution in [0.15, 0.2) is 85.1 Å². The number of esters is 2. The number of carbonyl (C=O) groups is 2. The van der Waals surface area contributed by atoms with Gasteiger partial charge < -0.3 is 39.4 Å². The molecule has 0 aliphatic carbocycles. The summed E-state index contributed by atoms with van der Waals surface area (Å²) in [6.07, 6.45) is 37.4. The maximum absolute atomic E-state index is 12.7. The monoisotopic (exact) mass is 773 g/mol. The summed E-state index contributed by atoms with van der Waals surface area (Å²) >= 11 is 0. The van der Waals surface area contributed by atoms with Gasteiger partial charge in [0.2, 0.25) is 0 Å². The van der Waals surface area contributed by atoms with Crippen molar-refractivity contribution in [2.75, 3.05) is 19.8 Å². The van der Waals surface area contributed by atoms with Gasteiger partial charge in [-0.05, 0) is 89.9 Å². The fourth-order valence-electron chi connectivity index (χ4n) is 5.48. The van der Waals surface area contributed by atoms with Gasteiger partial charge in [-0.25, -0.2) is 0 Å². The highest BCUT2D eigenvalue weighted by molar-refractivity contribution is 5.70. The second-order valence-corrected chi connectivity index (χ2v) is 13.7. The lowest BCUT2D eigenvalue weighted by Gasteiger charge is -2.39. The summed E-state index contributed by atoms with van der Waals surface area (Å²) in [6, 6.07) is 0. The zero-order valence-electron chi connectivity index (χ0n) is 33.6. The van der Waals surface area contributed by atoms with Crippen molar-refractivity contribution in [3.63, 3.8) is 0 Å². The number of allylic oxidation sites excluding steroid dienone is 14. The Morgan fingerprint density at radius 3 is 1.55 bits per heavy atom. The van der Waals surface area contributed by atoms with E-state index in [1.807, 2.05) is 0 Å². The number of ether oxygens (including phenoxy) is 4. The van der Waals surface area contributed by atoms with Crippen molar-refractivity contribution in [3.8, 4) is 0 Å². The highest BCUT2D eigenvalue weighted by atomic mass is 16.7. The molecule has 10 heteroatoms. The van der Waals surface area contributed by atoms with Crippen molar-refractivity contribution in [2.45, 2.75) is 166 Å². The molecule has 1 saturated heterocycles. The minimum atomic E-state index is -1.61. The van der Waals surface area contributed by atoms with Gasteiger partial charge in [0.05, 0.1) is 13.2 Å². The molecule has 0 aromatic carbocycles. The Morgan fingerprint density at radius 1 is 0.582 bits per heavy atom. The van der Waals surface area contributed by atoms with Gasteiger partial charge in [0.15, 0.2) is 12.4 Å². The van der Waals surface area contributed by atoms with Gasteiger partial charge >= 0.3 is 11.9 Å². The Balaban J connectivity index is 2.45. The molecule has 10 nitrogen and oxygen atoms in total. The molecule has 0 radical (unpaired) electrons. The first-order valence-electron chi connectivity index (χ1n) is 20.7. The zero-order chi connectivity index (χ0) is 40.2. The van der Waals surface area contributed by atoms with E-state index >= 15 is 0 Å². The van der Waals surface area contributed by atoms with Gasteiger partial charge in [-0.2, -0.15) is 0 Å². The minimum absolute atomic E-state index is 0.167. The summed E-state index contributed by atoms with van der Waals surface area (Å²) in [5, 5.41) is 40.0. The Morgan fingerprint density at radius 2 is 1.05 bits per heavy atom. The van der Waals surface area contributed by atoms with Gasteiger partial charge in [0.1, 0.15) is 31.0 Å². The van der Waals surface area contributed by atoms with Crippen LogP contribution in [0.4, 0.5) is 0 Å². The molecule has 2 unspecified atom stereocenters. The fraction of sp³-hybridized carbons (Fsp3) is 0.644. The van der Waals surface area contributed by atoms with Crippen molar-refractivity contribution < 1.29 is 49.0 Å². The van der Waals surface area contributed by atoms with Crippen molar-refractivity contribution >= 4 is 11.9 Å². The minimum Gasteiger partial charge on any atom is -0.462 e. The third-order valence-corrected chi connectivity index (χ3v) is 8.76. The summed E-state index contributed by atoms with van der Waals surface area (Å²) in [7, 11) is 0. The van der Waals surface area contributed by atoms with Crippen molar-refractivity contribution in [1.29, 1.82) is 0 Å². The smallest absolute Gasteiger partial charge is 0.306 e. The topological polar surface area (TPSA) is 152 Å². The van der Waals surface area contributed by atoms with E-state index in [1.165, 1.54) is 19.3 Å². The second-order valence-electron chi connectivity index (χ2n) is 13.7. The van der Waals surface area contributed by atoms with Crippen molar-refractivity contribution in [2.24, 2.45) is 0 Å². The summed E-state index contributed by atoms with van der Waals surface area (Å²) in [5.41, 5.74) is 0. The molecule has 0 spiro atoms. The molecule has 1 rings (SSSR count). The summed E-state index contributed by atoms with van der Waals surface area (Å²) in [6.45, 7) is 3.16. The lowest BCUT2D eigenvalue weighted by atomic mass is 9.99. The first-order chi connectivity index (χ1) is 26.8. The van der Waals surface area contributed by atoms with Crippen LogP contribution >= 0.6 is 0 Å². The number of unbranched alkanes of at least 4 members (excludes halogenated alkanes) is 7. The Bertz CT molecular complexity index is 1170. The molecule has 0 aromatic heterocycles. The molecule has 6 atom stereocenters. The van der Waals surface area contributed by atoms with Gasteiger partial charge in [0.25, 0.3) is 0 Å². The molecule has 0 aromatic rings. The lowest BCUT2D eigenvalue weighted by molar-refractivity contribution is -0.305. The van der Waals surface area contributed by atoms with Crippen LogP contribution in [-0.4, -0.2) is 89.0 Å². The molecule has 0 bridgehead atoms. The average molecular weight is 773 g/mol. The van der Waals surface area contributed by atoms with E-state index in [4.69, 9.17) is 18.9 Å². The number of aliphatic hydroxyl groups is 4. The molecular weight excluding hydrogens is 700 g/mol. The molecular formula is C45H72O10. The van der Waals surface area contributed by atoms with E-state index in [1.54, 1.807) is 0 Å². The Hall–Kier alpha value is -3.12. The average Bonchev–Trinajstić information content (AvgIpc) is 3.18. The Kier molecular flexibility index (Phi) is 32.0. The quantitative estimate of drug-likeness (QED) is 0.0299. The molecule has 1 aliphatic rings. The van der Waals surface area contributed by atoms with Crippen LogP contribution in [0, 0.1) is 0 Å². The van der Waals surface area contributed by atoms with E-state index in [9.17, 15) is 30.0 Å². The molecule has 312 valence electrons. The van der Waals surface area contributed by atoms with Gasteiger partial charge in [-0.15, -0.1) is 0 Å². The van der Waals surface area contributed by atoms with Crippen LogP contribution in [-0.2, 0) is 28.5 Å². The third-order valence-electron chi connectivity index (χ3n) is 8.76. The summed E-state index contributed by atoms with van der Waals surface area (Å²) in [5.74, 6) is -0.911. The third kappa shape index (κ3) is 27.2. The first-order valence-corrected chi connectivity index (χ1v) is 20.7. The van der Waals surface area contributed by atoms with E-state index in [-0.39, 0.29) is 26.1 Å². The number of carbonyl (C=O) groups excluding carboxylic acids is 2. The van der Waals surface area contributed by atoms with E-state index in [0.29, 0.717) is 12.8 Å². The van der Waals surface area contributed by atoms with Crippen molar-refractivity contribution in [3.05, 3.63) is 85.1 Å². The second kappa shape index (κ2) is 35.3. The van der Waals surface area contributed by atoms with Gasteiger partial charge in [-0.3, -0.25) is 9.59 Å². The number of hydrogen-bond donors (Lipinski definition) is 4. The highest BCUT2D eigenvalue weighted by Crippen LogP contribution is 2.22. The van der Waals surface area contributed by atoms with Crippen LogP contribution in [0.1, 0.15) is 129 Å². The predicted molar refractivity (Wildman–Crippen MR) is 219 cm³/mol. The normalized spacial score (nSPS) is 21.5. The van der Waals surface area contributed by atoms with Crippen LogP contribution in [0.2, 0.25) is 0 Å². The van der Waals surface area contributed by atoms with Crippen LogP contribution in [0.25, 0.3) is 0 Å². The zero-order valence-corrected chi connectivity index (χ0v) is 33.6.